The highest BCUT2D eigenvalue weighted by molar-refractivity contribution is 7.18. The smallest absolute Gasteiger partial charge is 0.206 e. The van der Waals surface area contributed by atoms with Gasteiger partial charge in [-0.25, -0.2) is 0 Å². The van der Waals surface area contributed by atoms with Crippen molar-refractivity contribution in [3.05, 3.63) is 30.3 Å². The lowest BCUT2D eigenvalue weighted by Gasteiger charge is -2.26. The van der Waals surface area contributed by atoms with E-state index >= 15 is 0 Å². The Morgan fingerprint density at radius 1 is 1.15 bits per heavy atom. The molecule has 0 aliphatic heterocycles. The second kappa shape index (κ2) is 5.89. The van der Waals surface area contributed by atoms with Crippen LogP contribution in [-0.4, -0.2) is 41.3 Å². The maximum Gasteiger partial charge on any atom is 0.206 e. The predicted molar refractivity (Wildman–Crippen MR) is 84.1 cm³/mol. The molecule has 20 heavy (non-hydrogen) atoms. The van der Waals surface area contributed by atoms with Gasteiger partial charge in [0.15, 0.2) is 0 Å². The first-order valence-electron chi connectivity index (χ1n) is 7.06. The largest absolute Gasteiger partial charge is 0.356 e. The Bertz CT molecular complexity index is 552. The third-order valence-corrected chi connectivity index (χ3v) is 4.80. The summed E-state index contributed by atoms with van der Waals surface area (Å²) in [6, 6.07) is 11.3. The molecule has 2 atom stereocenters. The van der Waals surface area contributed by atoms with Crippen molar-refractivity contribution in [1.29, 1.82) is 0 Å². The molecule has 1 saturated carbocycles. The first-order valence-corrected chi connectivity index (χ1v) is 7.87. The van der Waals surface area contributed by atoms with Crippen molar-refractivity contribution in [2.24, 2.45) is 0 Å². The van der Waals surface area contributed by atoms with Crippen LogP contribution in [0.15, 0.2) is 30.3 Å². The fraction of sp³-hybridized carbons (Fsp3) is 0.467. The van der Waals surface area contributed by atoms with E-state index in [1.807, 2.05) is 18.2 Å². The van der Waals surface area contributed by atoms with Crippen molar-refractivity contribution in [2.75, 3.05) is 19.4 Å². The summed E-state index contributed by atoms with van der Waals surface area (Å²) >= 11 is 1.63. The zero-order valence-corrected chi connectivity index (χ0v) is 12.7. The molecule has 0 spiro atoms. The molecule has 5 heteroatoms. The first kappa shape index (κ1) is 13.5. The summed E-state index contributed by atoms with van der Waals surface area (Å²) < 4.78 is 0. The number of aromatic nitrogens is 2. The average molecular weight is 288 g/mol. The normalized spacial score (nSPS) is 22.4. The molecule has 0 unspecified atom stereocenters. The van der Waals surface area contributed by atoms with Gasteiger partial charge in [-0.2, -0.15) is 0 Å². The number of nitrogens with one attached hydrogen (secondary N) is 1. The van der Waals surface area contributed by atoms with Crippen molar-refractivity contribution in [3.63, 3.8) is 0 Å². The summed E-state index contributed by atoms with van der Waals surface area (Å²) in [4.78, 5) is 2.31. The highest BCUT2D eigenvalue weighted by Gasteiger charge is 2.29. The van der Waals surface area contributed by atoms with Gasteiger partial charge in [-0.15, -0.1) is 10.2 Å². The van der Waals surface area contributed by atoms with Gasteiger partial charge < -0.3 is 10.2 Å². The van der Waals surface area contributed by atoms with E-state index in [4.69, 9.17) is 0 Å². The minimum atomic E-state index is 0.488. The fourth-order valence-corrected chi connectivity index (χ4v) is 3.68. The van der Waals surface area contributed by atoms with Crippen LogP contribution in [0.5, 0.6) is 0 Å². The zero-order valence-electron chi connectivity index (χ0n) is 11.9. The van der Waals surface area contributed by atoms with E-state index in [0.717, 1.165) is 15.7 Å². The van der Waals surface area contributed by atoms with Gasteiger partial charge >= 0.3 is 0 Å². The number of rotatable bonds is 4. The van der Waals surface area contributed by atoms with E-state index in [1.54, 1.807) is 11.3 Å². The number of hydrogen-bond donors (Lipinski definition) is 1. The summed E-state index contributed by atoms with van der Waals surface area (Å²) in [5, 5.41) is 14.1. The Hall–Kier alpha value is -1.46. The molecule has 1 heterocycles. The van der Waals surface area contributed by atoms with Crippen molar-refractivity contribution in [3.8, 4) is 10.6 Å². The lowest BCUT2D eigenvalue weighted by atomic mass is 10.1. The van der Waals surface area contributed by atoms with Crippen LogP contribution in [-0.2, 0) is 0 Å². The summed E-state index contributed by atoms with van der Waals surface area (Å²) in [5.41, 5.74) is 1.13. The monoisotopic (exact) mass is 288 g/mol. The lowest BCUT2D eigenvalue weighted by molar-refractivity contribution is 0.285. The molecule has 0 amide bonds. The van der Waals surface area contributed by atoms with E-state index in [1.165, 1.54) is 19.3 Å². The molecule has 0 radical (unpaired) electrons. The molecule has 1 aromatic heterocycles. The highest BCUT2D eigenvalue weighted by Crippen LogP contribution is 2.30. The molecule has 1 fully saturated rings. The van der Waals surface area contributed by atoms with Gasteiger partial charge in [-0.1, -0.05) is 41.7 Å². The van der Waals surface area contributed by atoms with Crippen LogP contribution in [0.1, 0.15) is 19.3 Å². The van der Waals surface area contributed by atoms with Gasteiger partial charge in [0, 0.05) is 17.6 Å². The van der Waals surface area contributed by atoms with Crippen LogP contribution >= 0.6 is 11.3 Å². The third-order valence-electron chi connectivity index (χ3n) is 3.90. The van der Waals surface area contributed by atoms with Gasteiger partial charge in [0.2, 0.25) is 5.13 Å². The van der Waals surface area contributed by atoms with Gasteiger partial charge in [0.1, 0.15) is 5.01 Å². The number of nitrogens with zero attached hydrogens (tertiary/aromatic N) is 3. The van der Waals surface area contributed by atoms with Crippen LogP contribution in [0.3, 0.4) is 0 Å². The molecule has 4 nitrogen and oxygen atoms in total. The number of benzene rings is 1. The maximum absolute atomic E-state index is 4.29. The van der Waals surface area contributed by atoms with E-state index in [0.29, 0.717) is 12.1 Å². The molecule has 0 saturated heterocycles. The second-order valence-electron chi connectivity index (χ2n) is 5.49. The molecular formula is C15H20N4S. The summed E-state index contributed by atoms with van der Waals surface area (Å²) in [6.07, 6.45) is 3.75. The SMILES string of the molecule is CN(C)[C@@H]1CCC[C@H]1Nc1nnc(-c2ccccc2)s1. The molecule has 106 valence electrons. The van der Waals surface area contributed by atoms with Gasteiger partial charge in [-0.05, 0) is 33.4 Å². The number of hydrogen-bond acceptors (Lipinski definition) is 5. The number of anilines is 1. The third kappa shape index (κ3) is 2.83. The molecule has 2 aromatic rings. The Labute approximate surface area is 123 Å². The van der Waals surface area contributed by atoms with E-state index in [-0.39, 0.29) is 0 Å². The van der Waals surface area contributed by atoms with E-state index < -0.39 is 0 Å². The van der Waals surface area contributed by atoms with Crippen molar-refractivity contribution < 1.29 is 0 Å². The summed E-state index contributed by atoms with van der Waals surface area (Å²) in [6.45, 7) is 0. The molecule has 0 bridgehead atoms. The molecule has 1 aliphatic carbocycles. The second-order valence-corrected chi connectivity index (χ2v) is 6.47. The minimum Gasteiger partial charge on any atom is -0.356 e. The average Bonchev–Trinajstić information content (AvgIpc) is 3.09. The van der Waals surface area contributed by atoms with Crippen molar-refractivity contribution in [2.45, 2.75) is 31.3 Å². The molecule has 1 aliphatic rings. The maximum atomic E-state index is 4.29. The Morgan fingerprint density at radius 2 is 1.95 bits per heavy atom. The summed E-state index contributed by atoms with van der Waals surface area (Å²) in [5.74, 6) is 0. The minimum absolute atomic E-state index is 0.488. The van der Waals surface area contributed by atoms with Crippen LogP contribution in [0, 0.1) is 0 Å². The molecule has 3 rings (SSSR count). The van der Waals surface area contributed by atoms with Gasteiger partial charge in [0.25, 0.3) is 0 Å². The predicted octanol–water partition coefficient (Wildman–Crippen LogP) is 3.10. The van der Waals surface area contributed by atoms with Gasteiger partial charge in [0.05, 0.1) is 0 Å². The topological polar surface area (TPSA) is 41.0 Å². The Kier molecular flexibility index (Phi) is 3.98. The van der Waals surface area contributed by atoms with Gasteiger partial charge in [-0.3, -0.25) is 0 Å². The lowest BCUT2D eigenvalue weighted by Crippen LogP contribution is -2.39. The van der Waals surface area contributed by atoms with E-state index in [2.05, 4.69) is 46.6 Å². The fourth-order valence-electron chi connectivity index (χ4n) is 2.86. The molecule has 1 aromatic carbocycles. The van der Waals surface area contributed by atoms with Crippen LogP contribution in [0.25, 0.3) is 10.6 Å². The van der Waals surface area contributed by atoms with E-state index in [9.17, 15) is 0 Å². The molecule has 1 N–H and O–H groups in total. The molecular weight excluding hydrogens is 268 g/mol. The van der Waals surface area contributed by atoms with Crippen LogP contribution < -0.4 is 5.32 Å². The van der Waals surface area contributed by atoms with Crippen LogP contribution in [0.4, 0.5) is 5.13 Å². The Morgan fingerprint density at radius 3 is 2.70 bits per heavy atom. The van der Waals surface area contributed by atoms with Crippen molar-refractivity contribution >= 4 is 16.5 Å². The highest BCUT2D eigenvalue weighted by atomic mass is 32.1. The van der Waals surface area contributed by atoms with Crippen molar-refractivity contribution in [1.82, 2.24) is 15.1 Å². The Balaban J connectivity index is 1.72. The van der Waals surface area contributed by atoms with Crippen LogP contribution in [0.2, 0.25) is 0 Å². The first-order chi connectivity index (χ1) is 9.74. The summed E-state index contributed by atoms with van der Waals surface area (Å²) in [7, 11) is 4.31. The standard InChI is InChI=1S/C15H20N4S/c1-19(2)13-10-6-9-12(13)16-15-18-17-14(20-15)11-7-4-3-5-8-11/h3-5,7-8,12-13H,6,9-10H2,1-2H3,(H,16,18)/t12-,13-/m1/s1. The zero-order chi connectivity index (χ0) is 13.9. The number of likely N-dealkylation sites (N-methyl/N-ethyl adjacent to an activating group) is 1. The quantitative estimate of drug-likeness (QED) is 0.938.